The number of anilines is 1. The predicted octanol–water partition coefficient (Wildman–Crippen LogP) is 1.93. The van der Waals surface area contributed by atoms with Crippen LogP contribution in [0.2, 0.25) is 0 Å². The quantitative estimate of drug-likeness (QED) is 0.783. The second-order valence-corrected chi connectivity index (χ2v) is 7.41. The summed E-state index contributed by atoms with van der Waals surface area (Å²) >= 11 is 0.811. The molecule has 1 aromatic heterocycles. The smallest absolute Gasteiger partial charge is 0.270 e. The molecule has 9 heteroatoms. The molecule has 0 aliphatic carbocycles. The molecule has 118 valence electrons. The normalized spacial score (nSPS) is 12.8. The fourth-order valence-corrected chi connectivity index (χ4v) is 4.10. The van der Waals surface area contributed by atoms with Crippen LogP contribution in [0.25, 0.3) is 0 Å². The van der Waals surface area contributed by atoms with Crippen LogP contribution in [0.15, 0.2) is 34.7 Å². The molecule has 0 aliphatic heterocycles. The molecule has 22 heavy (non-hydrogen) atoms. The monoisotopic (exact) mass is 340 g/mol. The van der Waals surface area contributed by atoms with Crippen LogP contribution in [0.3, 0.4) is 0 Å². The van der Waals surface area contributed by atoms with Gasteiger partial charge >= 0.3 is 0 Å². The highest BCUT2D eigenvalue weighted by Crippen LogP contribution is 2.23. The number of amides is 1. The number of hydrogen-bond donors (Lipinski definition) is 2. The van der Waals surface area contributed by atoms with E-state index in [4.69, 9.17) is 0 Å². The van der Waals surface area contributed by atoms with Gasteiger partial charge in [0.1, 0.15) is 0 Å². The van der Waals surface area contributed by atoms with E-state index in [0.29, 0.717) is 6.42 Å². The van der Waals surface area contributed by atoms with E-state index in [1.54, 1.807) is 0 Å². The van der Waals surface area contributed by atoms with Gasteiger partial charge in [0.2, 0.25) is 15.4 Å². The Morgan fingerprint density at radius 2 is 1.95 bits per heavy atom. The Bertz CT molecular complexity index is 744. The van der Waals surface area contributed by atoms with E-state index in [9.17, 15) is 13.2 Å². The number of benzene rings is 1. The summed E-state index contributed by atoms with van der Waals surface area (Å²) in [6.07, 6.45) is 0.598. The first-order chi connectivity index (χ1) is 10.4. The molecule has 1 amide bonds. The van der Waals surface area contributed by atoms with E-state index in [2.05, 4.69) is 20.2 Å². The van der Waals surface area contributed by atoms with E-state index >= 15 is 0 Å². The third-order valence-electron chi connectivity index (χ3n) is 2.83. The van der Waals surface area contributed by atoms with E-state index < -0.39 is 10.0 Å². The minimum Gasteiger partial charge on any atom is -0.301 e. The fraction of sp³-hybridized carbons (Fsp3) is 0.308. The Kier molecular flexibility index (Phi) is 5.22. The Hall–Kier alpha value is -1.84. The lowest BCUT2D eigenvalue weighted by Crippen LogP contribution is -2.28. The molecule has 0 fully saturated rings. The minimum atomic E-state index is -3.79. The predicted molar refractivity (Wildman–Crippen MR) is 84.0 cm³/mol. The first-order valence-electron chi connectivity index (χ1n) is 6.60. The Labute approximate surface area is 132 Å². The fourth-order valence-electron chi connectivity index (χ4n) is 1.83. The van der Waals surface area contributed by atoms with Crippen LogP contribution in [0.5, 0.6) is 0 Å². The highest BCUT2D eigenvalue weighted by molar-refractivity contribution is 7.91. The zero-order valence-electron chi connectivity index (χ0n) is 12.1. The third-order valence-corrected chi connectivity index (χ3v) is 5.50. The molecule has 2 N–H and O–H groups in total. The summed E-state index contributed by atoms with van der Waals surface area (Å²) in [6.45, 7) is 3.21. The standard InChI is InChI=1S/C13H16N4O3S2/c1-3-11(10-7-5-4-6-8-10)17-22(19,20)13-16-15-12(21-13)14-9(2)18/h4-8,11,17H,3H2,1-2H3,(H,14,15,18)/t11-/m0/s1. The molecule has 7 nitrogen and oxygen atoms in total. The number of carbonyl (C=O) groups is 1. The molecule has 0 saturated carbocycles. The molecular formula is C13H16N4O3S2. The molecule has 0 aliphatic rings. The van der Waals surface area contributed by atoms with Gasteiger partial charge in [0.25, 0.3) is 10.0 Å². The highest BCUT2D eigenvalue weighted by atomic mass is 32.2. The van der Waals surface area contributed by atoms with Crippen molar-refractivity contribution in [3.05, 3.63) is 35.9 Å². The molecule has 1 aromatic carbocycles. The number of rotatable bonds is 6. The van der Waals surface area contributed by atoms with Crippen LogP contribution in [0.4, 0.5) is 5.13 Å². The van der Waals surface area contributed by atoms with Crippen molar-refractivity contribution in [1.82, 2.24) is 14.9 Å². The third kappa shape index (κ3) is 4.09. The SMILES string of the molecule is CC[C@H](NS(=O)(=O)c1nnc(NC(C)=O)s1)c1ccccc1. The molecule has 2 aromatic rings. The summed E-state index contributed by atoms with van der Waals surface area (Å²) in [4.78, 5) is 10.9. The van der Waals surface area contributed by atoms with Crippen molar-refractivity contribution in [2.75, 3.05) is 5.32 Å². The molecule has 2 rings (SSSR count). The Morgan fingerprint density at radius 1 is 1.27 bits per heavy atom. The van der Waals surface area contributed by atoms with Gasteiger partial charge < -0.3 is 5.32 Å². The van der Waals surface area contributed by atoms with Crippen LogP contribution >= 0.6 is 11.3 Å². The van der Waals surface area contributed by atoms with Crippen molar-refractivity contribution >= 4 is 32.4 Å². The molecule has 1 heterocycles. The van der Waals surface area contributed by atoms with Gasteiger partial charge in [-0.3, -0.25) is 4.79 Å². The van der Waals surface area contributed by atoms with Crippen molar-refractivity contribution in [3.8, 4) is 0 Å². The molecule has 0 unspecified atom stereocenters. The van der Waals surface area contributed by atoms with Gasteiger partial charge in [-0.2, -0.15) is 0 Å². The molecular weight excluding hydrogens is 324 g/mol. The number of nitrogens with one attached hydrogen (secondary N) is 2. The number of sulfonamides is 1. The second-order valence-electron chi connectivity index (χ2n) is 4.55. The van der Waals surface area contributed by atoms with E-state index in [1.165, 1.54) is 6.92 Å². The van der Waals surface area contributed by atoms with Crippen LogP contribution in [-0.4, -0.2) is 24.5 Å². The Balaban J connectivity index is 2.19. The topological polar surface area (TPSA) is 101 Å². The van der Waals surface area contributed by atoms with Crippen LogP contribution in [-0.2, 0) is 14.8 Å². The van der Waals surface area contributed by atoms with Gasteiger partial charge in [0.15, 0.2) is 0 Å². The van der Waals surface area contributed by atoms with E-state index in [1.807, 2.05) is 37.3 Å². The van der Waals surface area contributed by atoms with Crippen LogP contribution in [0, 0.1) is 0 Å². The zero-order chi connectivity index (χ0) is 16.2. The van der Waals surface area contributed by atoms with Gasteiger partial charge in [0.05, 0.1) is 0 Å². The lowest BCUT2D eigenvalue weighted by atomic mass is 10.1. The molecule has 0 radical (unpaired) electrons. The van der Waals surface area contributed by atoms with Crippen molar-refractivity contribution < 1.29 is 13.2 Å². The van der Waals surface area contributed by atoms with Gasteiger partial charge in [-0.05, 0) is 12.0 Å². The maximum absolute atomic E-state index is 12.4. The summed E-state index contributed by atoms with van der Waals surface area (Å²) < 4.78 is 27.2. The van der Waals surface area contributed by atoms with Crippen molar-refractivity contribution in [1.29, 1.82) is 0 Å². The average Bonchev–Trinajstić information content (AvgIpc) is 2.94. The number of carbonyl (C=O) groups excluding carboxylic acids is 1. The maximum atomic E-state index is 12.4. The summed E-state index contributed by atoms with van der Waals surface area (Å²) in [5.41, 5.74) is 0.875. The lowest BCUT2D eigenvalue weighted by Gasteiger charge is -2.16. The van der Waals surface area contributed by atoms with Crippen molar-refractivity contribution in [2.24, 2.45) is 0 Å². The van der Waals surface area contributed by atoms with Crippen molar-refractivity contribution in [3.63, 3.8) is 0 Å². The van der Waals surface area contributed by atoms with Gasteiger partial charge in [-0.1, -0.05) is 48.6 Å². The second kappa shape index (κ2) is 6.95. The summed E-state index contributed by atoms with van der Waals surface area (Å²) in [5, 5.41) is 9.83. The first kappa shape index (κ1) is 16.5. The molecule has 0 saturated heterocycles. The largest absolute Gasteiger partial charge is 0.301 e. The summed E-state index contributed by atoms with van der Waals surface area (Å²) in [5.74, 6) is -0.330. The number of hydrogen-bond acceptors (Lipinski definition) is 6. The summed E-state index contributed by atoms with van der Waals surface area (Å²) in [6, 6.07) is 8.95. The van der Waals surface area contributed by atoms with Gasteiger partial charge in [0, 0.05) is 13.0 Å². The van der Waals surface area contributed by atoms with Crippen LogP contribution in [0.1, 0.15) is 31.9 Å². The van der Waals surface area contributed by atoms with Gasteiger partial charge in [-0.25, -0.2) is 13.1 Å². The summed E-state index contributed by atoms with van der Waals surface area (Å²) in [7, 11) is -3.79. The maximum Gasteiger partial charge on any atom is 0.270 e. The molecule has 1 atom stereocenters. The molecule has 0 bridgehead atoms. The molecule has 0 spiro atoms. The van der Waals surface area contributed by atoms with E-state index in [0.717, 1.165) is 16.9 Å². The average molecular weight is 340 g/mol. The Morgan fingerprint density at radius 3 is 2.55 bits per heavy atom. The zero-order valence-corrected chi connectivity index (χ0v) is 13.7. The number of aromatic nitrogens is 2. The highest BCUT2D eigenvalue weighted by Gasteiger charge is 2.24. The van der Waals surface area contributed by atoms with E-state index in [-0.39, 0.29) is 21.4 Å². The first-order valence-corrected chi connectivity index (χ1v) is 8.90. The van der Waals surface area contributed by atoms with Crippen molar-refractivity contribution in [2.45, 2.75) is 30.6 Å². The lowest BCUT2D eigenvalue weighted by molar-refractivity contribution is -0.114. The van der Waals surface area contributed by atoms with Crippen LogP contribution < -0.4 is 10.0 Å². The minimum absolute atomic E-state index is 0.153. The number of nitrogens with zero attached hydrogens (tertiary/aromatic N) is 2. The van der Waals surface area contributed by atoms with Gasteiger partial charge in [-0.15, -0.1) is 10.2 Å².